The minimum Gasteiger partial charge on any atom is -0.490 e. The van der Waals surface area contributed by atoms with E-state index in [9.17, 15) is 14.4 Å². The molecule has 1 aromatic heterocycles. The number of nitriles is 1. The van der Waals surface area contributed by atoms with Gasteiger partial charge in [0.2, 0.25) is 5.91 Å². The number of nitrogens with zero attached hydrogens (tertiary/aromatic N) is 3. The average Bonchev–Trinajstić information content (AvgIpc) is 3.25. The minimum absolute atomic E-state index is 0.000953. The molecule has 2 aliphatic heterocycles. The first kappa shape index (κ1) is 15.1. The molecule has 2 atom stereocenters. The lowest BCUT2D eigenvalue weighted by molar-refractivity contribution is -0.145. The molecule has 3 fully saturated rings. The second-order valence-electron chi connectivity index (χ2n) is 8.10. The standard InChI is InChI=1S/C19H20FN3O2/c20-19-5-3-18(11-19,4-6-19)17(24)23-13-1-2-15(23)14-9-22-8-12(7-21)16(14)25-10-13/h8-9,13,15H,1-6,10-11H2/t13-,15+,18?,19?/m1/s1. The van der Waals surface area contributed by atoms with Crippen LogP contribution in [-0.2, 0) is 4.79 Å². The van der Waals surface area contributed by atoms with Crippen molar-refractivity contribution < 1.29 is 13.9 Å². The molecule has 25 heavy (non-hydrogen) atoms. The van der Waals surface area contributed by atoms with Crippen LogP contribution in [0.15, 0.2) is 12.4 Å². The summed E-state index contributed by atoms with van der Waals surface area (Å²) in [5, 5.41) is 9.32. The van der Waals surface area contributed by atoms with E-state index in [2.05, 4.69) is 11.1 Å². The van der Waals surface area contributed by atoms with Crippen LogP contribution in [0.2, 0.25) is 0 Å². The lowest BCUT2D eigenvalue weighted by Crippen LogP contribution is -2.46. The van der Waals surface area contributed by atoms with Gasteiger partial charge in [0.25, 0.3) is 0 Å². The molecule has 0 radical (unpaired) electrons. The number of carbonyl (C=O) groups is 1. The molecule has 0 unspecified atom stereocenters. The van der Waals surface area contributed by atoms with Crippen molar-refractivity contribution in [3.63, 3.8) is 0 Å². The molecule has 2 aliphatic carbocycles. The summed E-state index contributed by atoms with van der Waals surface area (Å²) in [6.45, 7) is 0.394. The molecule has 4 aliphatic rings. The second kappa shape index (κ2) is 4.94. The van der Waals surface area contributed by atoms with E-state index < -0.39 is 11.1 Å². The van der Waals surface area contributed by atoms with E-state index in [1.165, 1.54) is 6.20 Å². The van der Waals surface area contributed by atoms with Gasteiger partial charge in [-0.2, -0.15) is 5.26 Å². The summed E-state index contributed by atoms with van der Waals surface area (Å²) in [7, 11) is 0. The lowest BCUT2D eigenvalue weighted by Gasteiger charge is -2.36. The highest BCUT2D eigenvalue weighted by Crippen LogP contribution is 2.60. The smallest absolute Gasteiger partial charge is 0.229 e. The topological polar surface area (TPSA) is 66.2 Å². The Morgan fingerprint density at radius 3 is 2.80 bits per heavy atom. The van der Waals surface area contributed by atoms with Crippen LogP contribution in [0.1, 0.15) is 62.1 Å². The molecule has 5 rings (SSSR count). The molecule has 6 heteroatoms. The fraction of sp³-hybridized carbons (Fsp3) is 0.632. The summed E-state index contributed by atoms with van der Waals surface area (Å²) in [6, 6.07) is 2.02. The number of hydrogen-bond donors (Lipinski definition) is 0. The molecular formula is C19H20FN3O2. The maximum Gasteiger partial charge on any atom is 0.229 e. The maximum absolute atomic E-state index is 14.6. The van der Waals surface area contributed by atoms with Gasteiger partial charge in [-0.1, -0.05) is 0 Å². The first-order valence-electron chi connectivity index (χ1n) is 9.08. The Kier molecular flexibility index (Phi) is 2.99. The zero-order valence-corrected chi connectivity index (χ0v) is 14.0. The summed E-state index contributed by atoms with van der Waals surface area (Å²) in [5.41, 5.74) is -0.420. The largest absolute Gasteiger partial charge is 0.490 e. The Bertz CT molecular complexity index is 794. The maximum atomic E-state index is 14.6. The fourth-order valence-electron chi connectivity index (χ4n) is 5.48. The summed E-state index contributed by atoms with van der Waals surface area (Å²) in [4.78, 5) is 19.6. The Morgan fingerprint density at radius 2 is 2.12 bits per heavy atom. The molecule has 1 amide bonds. The van der Waals surface area contributed by atoms with E-state index in [1.807, 2.05) is 4.90 Å². The molecule has 130 valence electrons. The van der Waals surface area contributed by atoms with E-state index in [1.54, 1.807) is 6.20 Å². The van der Waals surface area contributed by atoms with Crippen LogP contribution in [0.25, 0.3) is 0 Å². The number of carbonyl (C=O) groups excluding carboxylic acids is 1. The van der Waals surface area contributed by atoms with Crippen molar-refractivity contribution in [2.24, 2.45) is 5.41 Å². The van der Waals surface area contributed by atoms with Gasteiger partial charge in [-0.3, -0.25) is 9.78 Å². The number of alkyl halides is 1. The van der Waals surface area contributed by atoms with E-state index in [0.29, 0.717) is 50.0 Å². The number of ether oxygens (including phenoxy) is 1. The van der Waals surface area contributed by atoms with Crippen molar-refractivity contribution in [2.75, 3.05) is 6.61 Å². The summed E-state index contributed by atoms with van der Waals surface area (Å²) < 4.78 is 20.6. The third-order valence-electron chi connectivity index (χ3n) is 6.77. The molecule has 0 N–H and O–H groups in total. The molecule has 5 nitrogen and oxygen atoms in total. The van der Waals surface area contributed by atoms with Crippen LogP contribution in [0, 0.1) is 16.7 Å². The van der Waals surface area contributed by atoms with Gasteiger partial charge in [0, 0.05) is 18.0 Å². The van der Waals surface area contributed by atoms with Gasteiger partial charge in [-0.05, 0) is 44.9 Å². The van der Waals surface area contributed by atoms with Crippen LogP contribution in [0.4, 0.5) is 4.39 Å². The summed E-state index contributed by atoms with van der Waals surface area (Å²) >= 11 is 0. The van der Waals surface area contributed by atoms with Crippen molar-refractivity contribution in [1.29, 1.82) is 5.26 Å². The van der Waals surface area contributed by atoms with Gasteiger partial charge in [0.05, 0.1) is 17.5 Å². The third kappa shape index (κ3) is 1.98. The predicted octanol–water partition coefficient (Wildman–Crippen LogP) is 3.05. The lowest BCUT2D eigenvalue weighted by atomic mass is 9.82. The van der Waals surface area contributed by atoms with Gasteiger partial charge in [0.1, 0.15) is 29.7 Å². The highest BCUT2D eigenvalue weighted by molar-refractivity contribution is 5.85. The molecule has 2 saturated carbocycles. The Hall–Kier alpha value is -2.16. The minimum atomic E-state index is -1.13. The first-order valence-corrected chi connectivity index (χ1v) is 9.08. The van der Waals surface area contributed by atoms with Crippen molar-refractivity contribution in [1.82, 2.24) is 9.88 Å². The van der Waals surface area contributed by atoms with Crippen LogP contribution < -0.4 is 4.74 Å². The van der Waals surface area contributed by atoms with E-state index in [4.69, 9.17) is 4.74 Å². The van der Waals surface area contributed by atoms with Crippen molar-refractivity contribution in [3.8, 4) is 11.8 Å². The molecule has 1 aromatic rings. The number of fused-ring (bicyclic) bond motifs is 6. The molecule has 0 spiro atoms. The zero-order valence-electron chi connectivity index (χ0n) is 14.0. The van der Waals surface area contributed by atoms with Gasteiger partial charge < -0.3 is 9.64 Å². The van der Waals surface area contributed by atoms with E-state index in [0.717, 1.165) is 18.4 Å². The molecule has 4 bridgehead atoms. The monoisotopic (exact) mass is 341 g/mol. The fourth-order valence-corrected chi connectivity index (χ4v) is 5.48. The number of amides is 1. The number of pyridine rings is 1. The zero-order chi connectivity index (χ0) is 17.2. The predicted molar refractivity (Wildman–Crippen MR) is 86.4 cm³/mol. The quantitative estimate of drug-likeness (QED) is 0.787. The van der Waals surface area contributed by atoms with E-state index >= 15 is 0 Å². The van der Waals surface area contributed by atoms with Gasteiger partial charge in [-0.25, -0.2) is 4.39 Å². The Labute approximate surface area is 145 Å². The Morgan fingerprint density at radius 1 is 1.32 bits per heavy atom. The van der Waals surface area contributed by atoms with Crippen LogP contribution in [0.5, 0.6) is 5.75 Å². The van der Waals surface area contributed by atoms with E-state index in [-0.39, 0.29) is 18.0 Å². The third-order valence-corrected chi connectivity index (χ3v) is 6.77. The van der Waals surface area contributed by atoms with Crippen LogP contribution in [-0.4, -0.2) is 34.1 Å². The molecule has 1 saturated heterocycles. The number of aromatic nitrogens is 1. The number of rotatable bonds is 1. The average molecular weight is 341 g/mol. The molecular weight excluding hydrogens is 321 g/mol. The van der Waals surface area contributed by atoms with Crippen molar-refractivity contribution in [2.45, 2.75) is 62.7 Å². The SMILES string of the molecule is N#Cc1cncc2c1OC[C@H]1CC[C@@H]2N1C(=O)C12CCC(F)(CC1)C2. The van der Waals surface area contributed by atoms with Gasteiger partial charge >= 0.3 is 0 Å². The first-order chi connectivity index (χ1) is 12.1. The summed E-state index contributed by atoms with van der Waals surface area (Å²) in [6.07, 6.45) is 7.65. The Balaban J connectivity index is 1.54. The number of halogens is 1. The van der Waals surface area contributed by atoms with Crippen LogP contribution >= 0.6 is 0 Å². The second-order valence-corrected chi connectivity index (χ2v) is 8.10. The van der Waals surface area contributed by atoms with Crippen molar-refractivity contribution >= 4 is 5.91 Å². The highest BCUT2D eigenvalue weighted by atomic mass is 19.1. The van der Waals surface area contributed by atoms with Crippen molar-refractivity contribution in [3.05, 3.63) is 23.5 Å². The van der Waals surface area contributed by atoms with Gasteiger partial charge in [-0.15, -0.1) is 0 Å². The molecule has 3 heterocycles. The summed E-state index contributed by atoms with van der Waals surface area (Å²) in [5.74, 6) is 0.661. The van der Waals surface area contributed by atoms with Gasteiger partial charge in [0.15, 0.2) is 0 Å². The normalized spacial score (nSPS) is 38.0. The molecule has 0 aromatic carbocycles. The van der Waals surface area contributed by atoms with Crippen LogP contribution in [0.3, 0.4) is 0 Å². The highest BCUT2D eigenvalue weighted by Gasteiger charge is 2.61. The number of hydrogen-bond acceptors (Lipinski definition) is 4.